The molecule has 0 bridgehead atoms. The van der Waals surface area contributed by atoms with Gasteiger partial charge < -0.3 is 10.6 Å². The van der Waals surface area contributed by atoms with E-state index in [1.54, 1.807) is 0 Å². The van der Waals surface area contributed by atoms with Gasteiger partial charge in [-0.15, -0.1) is 0 Å². The molecule has 1 aromatic rings. The number of nitrogens with two attached hydrogens (primary N) is 1. The Hall–Kier alpha value is -0.700. The van der Waals surface area contributed by atoms with Crippen LogP contribution in [0.25, 0.3) is 0 Å². The lowest BCUT2D eigenvalue weighted by Crippen LogP contribution is -2.36. The summed E-state index contributed by atoms with van der Waals surface area (Å²) in [7, 11) is -1.98. The summed E-state index contributed by atoms with van der Waals surface area (Å²) in [4.78, 5) is 1.60. The highest BCUT2D eigenvalue weighted by atomic mass is 79.9. The third-order valence-electron chi connectivity index (χ3n) is 3.05. The normalized spacial score (nSPS) is 20.9. The summed E-state index contributed by atoms with van der Waals surface area (Å²) in [5, 5.41) is 0. The van der Waals surface area contributed by atoms with Gasteiger partial charge in [0, 0.05) is 22.7 Å². The van der Waals surface area contributed by atoms with Crippen LogP contribution < -0.4 is 10.5 Å². The minimum atomic E-state index is -3.89. The van der Waals surface area contributed by atoms with Crippen LogP contribution in [0.2, 0.25) is 0 Å². The molecule has 1 aliphatic rings. The van der Waals surface area contributed by atoms with Crippen molar-refractivity contribution in [2.24, 2.45) is 0 Å². The second-order valence-corrected chi connectivity index (χ2v) is 7.21. The first-order valence-electron chi connectivity index (χ1n) is 5.75. The van der Waals surface area contributed by atoms with Crippen LogP contribution in [-0.2, 0) is 10.0 Å². The Kier molecular flexibility index (Phi) is 4.14. The summed E-state index contributed by atoms with van der Waals surface area (Å²) in [6, 6.07) is 1.99. The Balaban J connectivity index is 2.27. The zero-order chi connectivity index (χ0) is 14.2. The number of likely N-dealkylation sites (N-methyl/N-ethyl adjacent to an activating group) is 1. The Labute approximate surface area is 120 Å². The molecule has 3 N–H and O–H groups in total. The van der Waals surface area contributed by atoms with Crippen LogP contribution in [0, 0.1) is 5.82 Å². The van der Waals surface area contributed by atoms with Crippen molar-refractivity contribution in [3.8, 4) is 0 Å². The fraction of sp³-hybridized carbons (Fsp3) is 0.455. The van der Waals surface area contributed by atoms with Gasteiger partial charge in [0.2, 0.25) is 10.0 Å². The summed E-state index contributed by atoms with van der Waals surface area (Å²) in [6.07, 6.45) is 0.712. The van der Waals surface area contributed by atoms with Crippen molar-refractivity contribution in [2.75, 3.05) is 25.9 Å². The number of anilines is 1. The summed E-state index contributed by atoms with van der Waals surface area (Å²) in [5.74, 6) is -0.820. The van der Waals surface area contributed by atoms with Crippen molar-refractivity contribution in [1.29, 1.82) is 0 Å². The maximum Gasteiger partial charge on any atom is 0.243 e. The standard InChI is InChI=1S/C11H15BrFN3O2S/c1-16-3-2-7(6-16)15-19(17,18)11-5-10(14)8(12)4-9(11)13/h4-5,7,15H,2-3,6,14H2,1H3. The lowest BCUT2D eigenvalue weighted by atomic mass is 10.3. The van der Waals surface area contributed by atoms with Gasteiger partial charge in [0.15, 0.2) is 0 Å². The van der Waals surface area contributed by atoms with Gasteiger partial charge in [0.25, 0.3) is 0 Å². The Morgan fingerprint density at radius 1 is 1.53 bits per heavy atom. The van der Waals surface area contributed by atoms with E-state index in [1.165, 1.54) is 0 Å². The van der Waals surface area contributed by atoms with Crippen LogP contribution in [0.1, 0.15) is 6.42 Å². The zero-order valence-electron chi connectivity index (χ0n) is 10.4. The molecular weight excluding hydrogens is 337 g/mol. The van der Waals surface area contributed by atoms with Gasteiger partial charge >= 0.3 is 0 Å². The molecule has 0 aliphatic carbocycles. The summed E-state index contributed by atoms with van der Waals surface area (Å²) in [6.45, 7) is 1.44. The van der Waals surface area contributed by atoms with Crippen molar-refractivity contribution in [3.05, 3.63) is 22.4 Å². The molecule has 1 aliphatic heterocycles. The monoisotopic (exact) mass is 351 g/mol. The van der Waals surface area contributed by atoms with E-state index in [1.807, 2.05) is 11.9 Å². The van der Waals surface area contributed by atoms with Crippen molar-refractivity contribution in [3.63, 3.8) is 0 Å². The summed E-state index contributed by atoms with van der Waals surface area (Å²) >= 11 is 3.06. The Morgan fingerprint density at radius 3 is 2.79 bits per heavy atom. The zero-order valence-corrected chi connectivity index (χ0v) is 12.8. The van der Waals surface area contributed by atoms with Gasteiger partial charge in [-0.3, -0.25) is 0 Å². The average Bonchev–Trinajstić information content (AvgIpc) is 2.68. The maximum absolute atomic E-state index is 13.8. The highest BCUT2D eigenvalue weighted by Gasteiger charge is 2.27. The van der Waals surface area contributed by atoms with Crippen LogP contribution in [0.5, 0.6) is 0 Å². The summed E-state index contributed by atoms with van der Waals surface area (Å²) in [5.41, 5.74) is 5.79. The highest BCUT2D eigenvalue weighted by Crippen LogP contribution is 2.26. The van der Waals surface area contributed by atoms with Gasteiger partial charge in [-0.25, -0.2) is 17.5 Å². The topological polar surface area (TPSA) is 75.4 Å². The molecule has 19 heavy (non-hydrogen) atoms. The Bertz CT molecular complexity index is 594. The largest absolute Gasteiger partial charge is 0.398 e. The fourth-order valence-corrected chi connectivity index (χ4v) is 3.74. The smallest absolute Gasteiger partial charge is 0.243 e. The number of nitrogen functional groups attached to an aromatic ring is 1. The Morgan fingerprint density at radius 2 is 2.21 bits per heavy atom. The number of rotatable bonds is 3. The van der Waals surface area contributed by atoms with E-state index in [-0.39, 0.29) is 11.7 Å². The number of hydrogen-bond acceptors (Lipinski definition) is 4. The number of nitrogens with one attached hydrogen (secondary N) is 1. The van der Waals surface area contributed by atoms with E-state index >= 15 is 0 Å². The number of sulfonamides is 1. The van der Waals surface area contributed by atoms with Crippen molar-refractivity contribution >= 4 is 31.6 Å². The van der Waals surface area contributed by atoms with E-state index in [0.29, 0.717) is 17.4 Å². The second-order valence-electron chi connectivity index (χ2n) is 4.67. The maximum atomic E-state index is 13.8. The first kappa shape index (κ1) is 14.7. The van der Waals surface area contributed by atoms with E-state index in [9.17, 15) is 12.8 Å². The molecule has 0 radical (unpaired) electrons. The lowest BCUT2D eigenvalue weighted by Gasteiger charge is -2.14. The predicted octanol–water partition coefficient (Wildman–Crippen LogP) is 1.15. The number of nitrogens with zero attached hydrogens (tertiary/aromatic N) is 1. The van der Waals surface area contributed by atoms with Crippen LogP contribution in [0.4, 0.5) is 10.1 Å². The minimum Gasteiger partial charge on any atom is -0.398 e. The average molecular weight is 352 g/mol. The van der Waals surface area contributed by atoms with Crippen molar-refractivity contribution < 1.29 is 12.8 Å². The van der Waals surface area contributed by atoms with Gasteiger partial charge in [-0.1, -0.05) is 0 Å². The van der Waals surface area contributed by atoms with Crippen molar-refractivity contribution in [2.45, 2.75) is 17.4 Å². The number of benzene rings is 1. The highest BCUT2D eigenvalue weighted by molar-refractivity contribution is 9.10. The molecular formula is C11H15BrFN3O2S. The second kappa shape index (κ2) is 5.35. The molecule has 1 unspecified atom stereocenters. The number of halogens is 2. The molecule has 0 aromatic heterocycles. The van der Waals surface area contributed by atoms with E-state index < -0.39 is 20.7 Å². The number of hydrogen-bond donors (Lipinski definition) is 2. The van der Waals surface area contributed by atoms with Crippen LogP contribution in [0.15, 0.2) is 21.5 Å². The SMILES string of the molecule is CN1CCC(NS(=O)(=O)c2cc(N)c(Br)cc2F)C1. The van der Waals surface area contributed by atoms with Crippen LogP contribution >= 0.6 is 15.9 Å². The fourth-order valence-electron chi connectivity index (χ4n) is 2.06. The van der Waals surface area contributed by atoms with Crippen LogP contribution in [0.3, 0.4) is 0 Å². The van der Waals surface area contributed by atoms with Gasteiger partial charge in [-0.2, -0.15) is 0 Å². The molecule has 1 heterocycles. The van der Waals surface area contributed by atoms with E-state index in [4.69, 9.17) is 5.73 Å². The van der Waals surface area contributed by atoms with E-state index in [2.05, 4.69) is 20.7 Å². The third kappa shape index (κ3) is 3.25. The quantitative estimate of drug-likeness (QED) is 0.801. The lowest BCUT2D eigenvalue weighted by molar-refractivity contribution is 0.407. The van der Waals surface area contributed by atoms with Gasteiger partial charge in [0.05, 0.1) is 0 Å². The molecule has 0 saturated carbocycles. The molecule has 8 heteroatoms. The third-order valence-corrected chi connectivity index (χ3v) is 5.28. The predicted molar refractivity (Wildman–Crippen MR) is 74.7 cm³/mol. The molecule has 106 valence electrons. The van der Waals surface area contributed by atoms with E-state index in [0.717, 1.165) is 18.7 Å². The molecule has 1 atom stereocenters. The van der Waals surface area contributed by atoms with Crippen molar-refractivity contribution in [1.82, 2.24) is 9.62 Å². The molecule has 1 aromatic carbocycles. The molecule has 1 fully saturated rings. The molecule has 2 rings (SSSR count). The first-order chi connectivity index (χ1) is 8.79. The molecule has 0 amide bonds. The first-order valence-corrected chi connectivity index (χ1v) is 8.02. The molecule has 1 saturated heterocycles. The number of likely N-dealkylation sites (tertiary alicyclic amines) is 1. The van der Waals surface area contributed by atoms with Gasteiger partial charge in [0.1, 0.15) is 10.7 Å². The molecule has 5 nitrogen and oxygen atoms in total. The molecule has 0 spiro atoms. The van der Waals surface area contributed by atoms with Gasteiger partial charge in [-0.05, 0) is 48.1 Å². The summed E-state index contributed by atoms with van der Waals surface area (Å²) < 4.78 is 40.9. The van der Waals surface area contributed by atoms with Crippen LogP contribution in [-0.4, -0.2) is 39.5 Å². The minimum absolute atomic E-state index is 0.185.